The van der Waals surface area contributed by atoms with E-state index in [1.807, 2.05) is 13.8 Å². The summed E-state index contributed by atoms with van der Waals surface area (Å²) < 4.78 is 2.08. The SMILES string of the molecule is Cc1cc([C@H](C)N)n(CC2CC2)n1. The number of aryl methyl sites for hydroxylation is 1. The molecule has 1 aliphatic rings. The van der Waals surface area contributed by atoms with Crippen molar-refractivity contribution in [1.82, 2.24) is 9.78 Å². The first-order chi connectivity index (χ1) is 6.16. The molecule has 1 aromatic rings. The average molecular weight is 179 g/mol. The maximum atomic E-state index is 5.86. The Labute approximate surface area is 78.9 Å². The van der Waals surface area contributed by atoms with E-state index in [9.17, 15) is 0 Å². The van der Waals surface area contributed by atoms with Crippen molar-refractivity contribution in [2.45, 2.75) is 39.3 Å². The summed E-state index contributed by atoms with van der Waals surface area (Å²) in [6.45, 7) is 5.10. The van der Waals surface area contributed by atoms with Crippen LogP contribution in [0.1, 0.15) is 37.2 Å². The molecule has 72 valence electrons. The normalized spacial score (nSPS) is 19.0. The zero-order chi connectivity index (χ0) is 9.42. The van der Waals surface area contributed by atoms with E-state index in [0.29, 0.717) is 0 Å². The quantitative estimate of drug-likeness (QED) is 0.766. The molecule has 13 heavy (non-hydrogen) atoms. The standard InChI is InChI=1S/C10H17N3/c1-7-5-10(8(2)11)13(12-7)6-9-3-4-9/h5,8-9H,3-4,6,11H2,1-2H3/t8-/m0/s1. The minimum absolute atomic E-state index is 0.0972. The molecule has 1 saturated carbocycles. The summed E-state index contributed by atoms with van der Waals surface area (Å²) >= 11 is 0. The van der Waals surface area contributed by atoms with Crippen LogP contribution in [-0.2, 0) is 6.54 Å². The first-order valence-electron chi connectivity index (χ1n) is 4.96. The van der Waals surface area contributed by atoms with E-state index >= 15 is 0 Å². The van der Waals surface area contributed by atoms with Crippen molar-refractivity contribution in [1.29, 1.82) is 0 Å². The van der Waals surface area contributed by atoms with E-state index in [0.717, 1.165) is 18.2 Å². The first kappa shape index (κ1) is 8.75. The van der Waals surface area contributed by atoms with Gasteiger partial charge in [-0.05, 0) is 38.7 Å². The molecule has 3 heteroatoms. The molecular formula is C10H17N3. The molecule has 1 aliphatic carbocycles. The molecule has 0 amide bonds. The molecule has 0 aromatic carbocycles. The number of rotatable bonds is 3. The number of hydrogen-bond acceptors (Lipinski definition) is 2. The molecular weight excluding hydrogens is 162 g/mol. The lowest BCUT2D eigenvalue weighted by Gasteiger charge is -2.08. The van der Waals surface area contributed by atoms with Crippen LogP contribution < -0.4 is 5.73 Å². The fourth-order valence-electron chi connectivity index (χ4n) is 1.62. The van der Waals surface area contributed by atoms with Gasteiger partial charge in [0.15, 0.2) is 0 Å². The van der Waals surface area contributed by atoms with Gasteiger partial charge in [-0.15, -0.1) is 0 Å². The van der Waals surface area contributed by atoms with Crippen molar-refractivity contribution >= 4 is 0 Å². The van der Waals surface area contributed by atoms with E-state index in [4.69, 9.17) is 5.73 Å². The zero-order valence-corrected chi connectivity index (χ0v) is 8.33. The average Bonchev–Trinajstić information content (AvgIpc) is 2.75. The summed E-state index contributed by atoms with van der Waals surface area (Å²) in [4.78, 5) is 0. The minimum atomic E-state index is 0.0972. The molecule has 1 heterocycles. The summed E-state index contributed by atoms with van der Waals surface area (Å²) in [5.41, 5.74) is 8.11. The summed E-state index contributed by atoms with van der Waals surface area (Å²) in [6.07, 6.45) is 2.72. The molecule has 1 fully saturated rings. The topological polar surface area (TPSA) is 43.8 Å². The van der Waals surface area contributed by atoms with E-state index in [1.165, 1.54) is 18.5 Å². The Balaban J connectivity index is 2.19. The Kier molecular flexibility index (Phi) is 2.12. The molecule has 0 bridgehead atoms. The lowest BCUT2D eigenvalue weighted by Crippen LogP contribution is -2.14. The van der Waals surface area contributed by atoms with Gasteiger partial charge in [-0.3, -0.25) is 4.68 Å². The Hall–Kier alpha value is -0.830. The lowest BCUT2D eigenvalue weighted by atomic mass is 10.2. The van der Waals surface area contributed by atoms with Crippen LogP contribution in [-0.4, -0.2) is 9.78 Å². The van der Waals surface area contributed by atoms with Crippen LogP contribution in [0.5, 0.6) is 0 Å². The van der Waals surface area contributed by atoms with Gasteiger partial charge < -0.3 is 5.73 Å². The highest BCUT2D eigenvalue weighted by atomic mass is 15.3. The van der Waals surface area contributed by atoms with Crippen LogP contribution in [0.25, 0.3) is 0 Å². The minimum Gasteiger partial charge on any atom is -0.323 e. The van der Waals surface area contributed by atoms with Gasteiger partial charge in [0.2, 0.25) is 0 Å². The second-order valence-corrected chi connectivity index (χ2v) is 4.12. The third-order valence-electron chi connectivity index (χ3n) is 2.53. The second-order valence-electron chi connectivity index (χ2n) is 4.12. The van der Waals surface area contributed by atoms with Crippen molar-refractivity contribution in [2.24, 2.45) is 11.7 Å². The summed E-state index contributed by atoms with van der Waals surface area (Å²) in [6, 6.07) is 2.19. The van der Waals surface area contributed by atoms with Crippen molar-refractivity contribution in [3.8, 4) is 0 Å². The largest absolute Gasteiger partial charge is 0.323 e. The van der Waals surface area contributed by atoms with E-state index in [1.54, 1.807) is 0 Å². The van der Waals surface area contributed by atoms with Crippen molar-refractivity contribution in [3.63, 3.8) is 0 Å². The summed E-state index contributed by atoms with van der Waals surface area (Å²) in [5.74, 6) is 0.858. The molecule has 3 nitrogen and oxygen atoms in total. The van der Waals surface area contributed by atoms with E-state index in [-0.39, 0.29) is 6.04 Å². The van der Waals surface area contributed by atoms with Crippen molar-refractivity contribution < 1.29 is 0 Å². The summed E-state index contributed by atoms with van der Waals surface area (Å²) in [5, 5.41) is 4.45. The molecule has 0 unspecified atom stereocenters. The fourth-order valence-corrected chi connectivity index (χ4v) is 1.62. The highest BCUT2D eigenvalue weighted by molar-refractivity contribution is 5.12. The first-order valence-corrected chi connectivity index (χ1v) is 4.96. The van der Waals surface area contributed by atoms with Gasteiger partial charge >= 0.3 is 0 Å². The highest BCUT2D eigenvalue weighted by Gasteiger charge is 2.23. The van der Waals surface area contributed by atoms with E-state index in [2.05, 4.69) is 15.8 Å². The molecule has 2 N–H and O–H groups in total. The Morgan fingerprint density at radius 1 is 1.69 bits per heavy atom. The molecule has 1 atom stereocenters. The molecule has 0 spiro atoms. The monoisotopic (exact) mass is 179 g/mol. The van der Waals surface area contributed by atoms with Crippen LogP contribution >= 0.6 is 0 Å². The maximum Gasteiger partial charge on any atom is 0.0597 e. The van der Waals surface area contributed by atoms with E-state index < -0.39 is 0 Å². The predicted octanol–water partition coefficient (Wildman–Crippen LogP) is 1.62. The number of nitrogens with two attached hydrogens (primary N) is 1. The smallest absolute Gasteiger partial charge is 0.0597 e. The summed E-state index contributed by atoms with van der Waals surface area (Å²) in [7, 11) is 0. The number of hydrogen-bond donors (Lipinski definition) is 1. The molecule has 0 radical (unpaired) electrons. The molecule has 1 aromatic heterocycles. The van der Waals surface area contributed by atoms with Crippen LogP contribution in [0, 0.1) is 12.8 Å². The van der Waals surface area contributed by atoms with Gasteiger partial charge in [-0.1, -0.05) is 0 Å². The van der Waals surface area contributed by atoms with Gasteiger partial charge in [-0.2, -0.15) is 5.10 Å². The third-order valence-corrected chi connectivity index (χ3v) is 2.53. The Morgan fingerprint density at radius 2 is 2.38 bits per heavy atom. The molecule has 2 rings (SSSR count). The number of nitrogens with zero attached hydrogens (tertiary/aromatic N) is 2. The van der Waals surface area contributed by atoms with Gasteiger partial charge in [-0.25, -0.2) is 0 Å². The van der Waals surface area contributed by atoms with Gasteiger partial charge in [0.1, 0.15) is 0 Å². The van der Waals surface area contributed by atoms with Crippen molar-refractivity contribution in [2.75, 3.05) is 0 Å². The Bertz CT molecular complexity index is 297. The van der Waals surface area contributed by atoms with Crippen molar-refractivity contribution in [3.05, 3.63) is 17.5 Å². The van der Waals surface area contributed by atoms with Gasteiger partial charge in [0, 0.05) is 12.6 Å². The predicted molar refractivity (Wildman–Crippen MR) is 52.3 cm³/mol. The van der Waals surface area contributed by atoms with Gasteiger partial charge in [0.25, 0.3) is 0 Å². The molecule has 0 aliphatic heterocycles. The number of aromatic nitrogens is 2. The third kappa shape index (κ3) is 1.91. The molecule has 0 saturated heterocycles. The second kappa shape index (κ2) is 3.14. The Morgan fingerprint density at radius 3 is 2.92 bits per heavy atom. The fraction of sp³-hybridized carbons (Fsp3) is 0.700. The zero-order valence-electron chi connectivity index (χ0n) is 8.33. The van der Waals surface area contributed by atoms with Gasteiger partial charge in [0.05, 0.1) is 11.4 Å². The van der Waals surface area contributed by atoms with Crippen LogP contribution in [0.2, 0.25) is 0 Å². The van der Waals surface area contributed by atoms with Crippen LogP contribution in [0.15, 0.2) is 6.07 Å². The van der Waals surface area contributed by atoms with Crippen LogP contribution in [0.3, 0.4) is 0 Å². The lowest BCUT2D eigenvalue weighted by molar-refractivity contribution is 0.520. The van der Waals surface area contributed by atoms with Crippen LogP contribution in [0.4, 0.5) is 0 Å². The maximum absolute atomic E-state index is 5.86. The highest BCUT2D eigenvalue weighted by Crippen LogP contribution is 2.31.